The number of hydrogen-bond donors (Lipinski definition) is 0. The Labute approximate surface area is 296 Å². The Morgan fingerprint density at radius 1 is 0.510 bits per heavy atom. The van der Waals surface area contributed by atoms with Crippen LogP contribution in [-0.4, -0.2) is 16.3 Å². The van der Waals surface area contributed by atoms with Gasteiger partial charge in [-0.3, -0.25) is 14.5 Å². The number of carbonyl (C=O) groups excluding carboxylic acids is 2. The Kier molecular flexibility index (Phi) is 9.17. The van der Waals surface area contributed by atoms with Gasteiger partial charge in [-0.2, -0.15) is 0 Å². The fourth-order valence-electron chi connectivity index (χ4n) is 6.50. The number of nitrogens with zero attached hydrogens (tertiary/aromatic N) is 2. The van der Waals surface area contributed by atoms with E-state index in [0.29, 0.717) is 11.1 Å². The zero-order valence-electron chi connectivity index (χ0n) is 26.1. The highest BCUT2D eigenvalue weighted by atomic mass is 127. The molecule has 0 radical (unpaired) electrons. The molecule has 7 heteroatoms. The highest BCUT2D eigenvalue weighted by Gasteiger charge is 2.42. The van der Waals surface area contributed by atoms with E-state index in [1.807, 2.05) is 109 Å². The van der Waals surface area contributed by atoms with E-state index in [4.69, 9.17) is 0 Å². The zero-order chi connectivity index (χ0) is 33.9. The molecule has 240 valence electrons. The molecule has 1 aromatic heterocycles. The second-order valence-electron chi connectivity index (χ2n) is 11.6. The lowest BCUT2D eigenvalue weighted by Crippen LogP contribution is -2.34. The number of fused-ring (bicyclic) bond motifs is 2. The first-order chi connectivity index (χ1) is 23.9. The Morgan fingerprint density at radius 3 is 1.47 bits per heavy atom. The van der Waals surface area contributed by atoms with Crippen LogP contribution in [0.5, 0.6) is 0 Å². The molecular weight excluding hydrogens is 729 g/mol. The minimum absolute atomic E-state index is 0.0141. The van der Waals surface area contributed by atoms with Gasteiger partial charge in [0.05, 0.1) is 28.9 Å². The lowest BCUT2D eigenvalue weighted by atomic mass is 9.97. The summed E-state index contributed by atoms with van der Waals surface area (Å²) in [6, 6.07) is 48.7. The van der Waals surface area contributed by atoms with E-state index in [-0.39, 0.29) is 17.4 Å². The molecule has 0 aliphatic carbocycles. The van der Waals surface area contributed by atoms with E-state index in [9.17, 15) is 18.4 Å². The number of carbonyl (C=O) groups is 2. The molecule has 1 amide bonds. The van der Waals surface area contributed by atoms with E-state index in [1.54, 1.807) is 12.1 Å². The number of hydrogen-bond acceptors (Lipinski definition) is 2. The number of benzene rings is 6. The van der Waals surface area contributed by atoms with Gasteiger partial charge in [-0.1, -0.05) is 133 Å². The number of aromatic nitrogens is 1. The van der Waals surface area contributed by atoms with Crippen LogP contribution in [-0.2, 0) is 4.79 Å². The first kappa shape index (κ1) is 32.2. The first-order valence-corrected chi connectivity index (χ1v) is 16.8. The monoisotopic (exact) mass is 758 g/mol. The summed E-state index contributed by atoms with van der Waals surface area (Å²) in [7, 11) is 0. The molecule has 8 rings (SSSR count). The van der Waals surface area contributed by atoms with Crippen LogP contribution >= 0.6 is 22.6 Å². The van der Waals surface area contributed by atoms with Crippen molar-refractivity contribution >= 4 is 50.9 Å². The second kappa shape index (κ2) is 14.0. The highest BCUT2D eigenvalue weighted by molar-refractivity contribution is 14.1. The van der Waals surface area contributed by atoms with E-state index in [0.717, 1.165) is 20.2 Å². The maximum absolute atomic E-state index is 14.3. The summed E-state index contributed by atoms with van der Waals surface area (Å²) in [5.74, 6) is -2.35. The Balaban J connectivity index is 0.000000154. The average Bonchev–Trinajstić information content (AvgIpc) is 3.61. The molecule has 49 heavy (non-hydrogen) atoms. The summed E-state index contributed by atoms with van der Waals surface area (Å²) >= 11 is 2.22. The van der Waals surface area contributed by atoms with Gasteiger partial charge >= 0.3 is 0 Å². The average molecular weight is 759 g/mol. The second-order valence-corrected chi connectivity index (χ2v) is 12.8. The molecule has 6 aromatic carbocycles. The van der Waals surface area contributed by atoms with Gasteiger partial charge in [0.1, 0.15) is 11.6 Å². The van der Waals surface area contributed by atoms with Crippen LogP contribution in [0.2, 0.25) is 0 Å². The van der Waals surface area contributed by atoms with Crippen LogP contribution in [0.4, 0.5) is 14.5 Å². The number of ketones is 1. The summed E-state index contributed by atoms with van der Waals surface area (Å²) in [5.41, 5.74) is 5.15. The molecule has 1 aliphatic rings. The van der Waals surface area contributed by atoms with Crippen LogP contribution < -0.4 is 4.90 Å². The summed E-state index contributed by atoms with van der Waals surface area (Å²) in [4.78, 5) is 26.5. The first-order valence-electron chi connectivity index (χ1n) is 15.7. The predicted octanol–water partition coefficient (Wildman–Crippen LogP) is 10.2. The van der Waals surface area contributed by atoms with Gasteiger partial charge in [0.25, 0.3) is 11.7 Å². The number of anilines is 1. The van der Waals surface area contributed by atoms with Crippen molar-refractivity contribution in [2.75, 3.05) is 4.90 Å². The lowest BCUT2D eigenvalue weighted by Gasteiger charge is -2.29. The number of rotatable bonds is 6. The van der Waals surface area contributed by atoms with Gasteiger partial charge < -0.3 is 4.57 Å². The SMILES string of the molecule is Fc1cccc2c1c(I)cn2C(c1ccccc1)c1ccccc1.O=C1C(=O)N(C(c2ccccc2)c2ccccc2)c2cccc(F)c21. The van der Waals surface area contributed by atoms with Crippen LogP contribution in [0.3, 0.4) is 0 Å². The van der Waals surface area contributed by atoms with Gasteiger partial charge in [-0.15, -0.1) is 0 Å². The fraction of sp³-hybridized carbons (Fsp3) is 0.0476. The van der Waals surface area contributed by atoms with Gasteiger partial charge in [0.15, 0.2) is 0 Å². The van der Waals surface area contributed by atoms with Crippen molar-refractivity contribution in [1.29, 1.82) is 0 Å². The molecule has 0 bridgehead atoms. The normalized spacial score (nSPS) is 12.4. The molecule has 1 aliphatic heterocycles. The lowest BCUT2D eigenvalue weighted by molar-refractivity contribution is -0.114. The minimum atomic E-state index is -0.801. The van der Waals surface area contributed by atoms with Gasteiger partial charge in [-0.25, -0.2) is 8.78 Å². The molecule has 0 saturated heterocycles. The topological polar surface area (TPSA) is 42.3 Å². The van der Waals surface area contributed by atoms with Crippen molar-refractivity contribution in [1.82, 2.24) is 4.57 Å². The van der Waals surface area contributed by atoms with Crippen molar-refractivity contribution < 1.29 is 18.4 Å². The molecule has 2 heterocycles. The van der Waals surface area contributed by atoms with Crippen molar-refractivity contribution in [2.24, 2.45) is 0 Å². The van der Waals surface area contributed by atoms with Crippen LogP contribution in [0.1, 0.15) is 44.7 Å². The van der Waals surface area contributed by atoms with Crippen molar-refractivity contribution in [3.05, 3.63) is 207 Å². The third-order valence-corrected chi connectivity index (χ3v) is 9.47. The molecule has 0 atom stereocenters. The van der Waals surface area contributed by atoms with Gasteiger partial charge in [0.2, 0.25) is 0 Å². The third kappa shape index (κ3) is 6.18. The molecule has 0 fully saturated rings. The summed E-state index contributed by atoms with van der Waals surface area (Å²) < 4.78 is 31.6. The maximum Gasteiger partial charge on any atom is 0.300 e. The van der Waals surface area contributed by atoms with Crippen molar-refractivity contribution in [3.8, 4) is 0 Å². The molecule has 0 spiro atoms. The van der Waals surface area contributed by atoms with Crippen molar-refractivity contribution in [2.45, 2.75) is 12.1 Å². The number of amides is 1. The largest absolute Gasteiger partial charge is 0.335 e. The van der Waals surface area contributed by atoms with Gasteiger partial charge in [0, 0.05) is 15.2 Å². The van der Waals surface area contributed by atoms with E-state index in [2.05, 4.69) is 51.4 Å². The van der Waals surface area contributed by atoms with E-state index >= 15 is 0 Å². The summed E-state index contributed by atoms with van der Waals surface area (Å²) in [6.07, 6.45) is 2.04. The highest BCUT2D eigenvalue weighted by Crippen LogP contribution is 2.40. The predicted molar refractivity (Wildman–Crippen MR) is 198 cm³/mol. The standard InChI is InChI=1S/C21H15FIN.C21H14FNO2/c22-17-12-7-13-19-20(17)18(23)14-24(19)21(15-8-3-1-4-9-15)16-10-5-2-6-11-16;22-16-12-7-13-17-18(16)20(24)21(25)23(17)19(14-8-3-1-4-9-14)15-10-5-2-6-11-15/h1-14,21H;1-13,19H. The molecular formula is C42H29F2IN2O2. The Morgan fingerprint density at radius 2 is 0.959 bits per heavy atom. The smallest absolute Gasteiger partial charge is 0.300 e. The maximum atomic E-state index is 14.3. The molecule has 0 unspecified atom stereocenters. The quantitative estimate of drug-likeness (QED) is 0.125. The van der Waals surface area contributed by atoms with Crippen LogP contribution in [0.25, 0.3) is 10.9 Å². The molecule has 0 N–H and O–H groups in total. The fourth-order valence-corrected chi connectivity index (χ4v) is 7.33. The minimum Gasteiger partial charge on any atom is -0.335 e. The Hall–Kier alpha value is -5.41. The number of halogens is 3. The van der Waals surface area contributed by atoms with Crippen LogP contribution in [0.15, 0.2) is 164 Å². The van der Waals surface area contributed by atoms with E-state index < -0.39 is 23.5 Å². The Bertz CT molecular complexity index is 2180. The molecule has 4 nitrogen and oxygen atoms in total. The number of Topliss-reactive ketones (excluding diaryl/α,β-unsaturated/α-hetero) is 1. The zero-order valence-corrected chi connectivity index (χ0v) is 28.2. The summed E-state index contributed by atoms with van der Waals surface area (Å²) in [5, 5.41) is 0.690. The molecule has 0 saturated carbocycles. The van der Waals surface area contributed by atoms with Gasteiger partial charge in [-0.05, 0) is 69.1 Å². The van der Waals surface area contributed by atoms with E-state index in [1.165, 1.54) is 34.2 Å². The van der Waals surface area contributed by atoms with Crippen LogP contribution in [0, 0.1) is 15.2 Å². The third-order valence-electron chi connectivity index (χ3n) is 8.65. The van der Waals surface area contributed by atoms with Crippen molar-refractivity contribution in [3.63, 3.8) is 0 Å². The summed E-state index contributed by atoms with van der Waals surface area (Å²) in [6.45, 7) is 0. The molecule has 7 aromatic rings.